The van der Waals surface area contributed by atoms with Crippen LogP contribution in [0.3, 0.4) is 0 Å². The number of hydrogen-bond donors (Lipinski definition) is 4. The average Bonchev–Trinajstić information content (AvgIpc) is 2.94. The molecule has 0 fully saturated rings. The molecule has 0 aliphatic rings. The van der Waals surface area contributed by atoms with Crippen LogP contribution in [0.2, 0.25) is 0 Å². The highest BCUT2D eigenvalue weighted by Crippen LogP contribution is 2.40. The van der Waals surface area contributed by atoms with Crippen molar-refractivity contribution in [2.75, 3.05) is 0 Å². The minimum absolute atomic E-state index is 0.00460. The topological polar surface area (TPSA) is 133 Å². The first kappa shape index (κ1) is 33.2. The highest BCUT2D eigenvalue weighted by atomic mass is 33.1. The molecule has 0 spiro atoms. The number of amides is 2. The molecule has 2 atom stereocenters. The van der Waals surface area contributed by atoms with Gasteiger partial charge in [0.05, 0.1) is 11.1 Å². The van der Waals surface area contributed by atoms with E-state index in [9.17, 15) is 19.2 Å². The van der Waals surface area contributed by atoms with E-state index in [-0.39, 0.29) is 36.7 Å². The van der Waals surface area contributed by atoms with Gasteiger partial charge in [0, 0.05) is 34.7 Å². The molecule has 2 aromatic carbocycles. The summed E-state index contributed by atoms with van der Waals surface area (Å²) >= 11 is 0. The molecule has 0 saturated heterocycles. The van der Waals surface area contributed by atoms with Gasteiger partial charge in [-0.1, -0.05) is 85.4 Å². The molecular formula is C30H40N2O6S2. The van der Waals surface area contributed by atoms with E-state index in [1.807, 2.05) is 24.3 Å². The summed E-state index contributed by atoms with van der Waals surface area (Å²) in [6.45, 7) is 4.11. The molecule has 218 valence electrons. The summed E-state index contributed by atoms with van der Waals surface area (Å²) in [5, 5.41) is 24.2. The fourth-order valence-corrected chi connectivity index (χ4v) is 6.50. The van der Waals surface area contributed by atoms with E-state index in [2.05, 4.69) is 24.5 Å². The van der Waals surface area contributed by atoms with Crippen LogP contribution in [-0.4, -0.2) is 46.0 Å². The molecule has 0 aliphatic carbocycles. The Balaban J connectivity index is 2.13. The van der Waals surface area contributed by atoms with Gasteiger partial charge in [-0.2, -0.15) is 0 Å². The molecule has 2 amide bonds. The molecule has 0 aliphatic heterocycles. The van der Waals surface area contributed by atoms with Gasteiger partial charge in [0.1, 0.15) is 0 Å². The van der Waals surface area contributed by atoms with Gasteiger partial charge in [-0.25, -0.2) is 0 Å². The lowest BCUT2D eigenvalue weighted by atomic mass is 10.0. The Morgan fingerprint density at radius 3 is 1.38 bits per heavy atom. The second kappa shape index (κ2) is 18.4. The zero-order valence-corrected chi connectivity index (χ0v) is 24.8. The minimum Gasteiger partial charge on any atom is -0.481 e. The van der Waals surface area contributed by atoms with Gasteiger partial charge in [0.2, 0.25) is 0 Å². The highest BCUT2D eigenvalue weighted by Gasteiger charge is 2.20. The SMILES string of the molecule is CCCC[C@@H](CCC(=O)O)NC(=O)c1ccccc1SSc1ccccc1C(=O)N[C@@H](CCCC)CCC(=O)O. The van der Waals surface area contributed by atoms with Crippen molar-refractivity contribution in [3.63, 3.8) is 0 Å². The first-order valence-corrected chi connectivity index (χ1v) is 16.0. The van der Waals surface area contributed by atoms with Crippen LogP contribution >= 0.6 is 21.6 Å². The summed E-state index contributed by atoms with van der Waals surface area (Å²) < 4.78 is 0. The average molecular weight is 589 g/mol. The summed E-state index contributed by atoms with van der Waals surface area (Å²) in [6, 6.07) is 14.0. The normalized spacial score (nSPS) is 12.3. The lowest BCUT2D eigenvalue weighted by molar-refractivity contribution is -0.138. The predicted molar refractivity (Wildman–Crippen MR) is 160 cm³/mol. The van der Waals surface area contributed by atoms with Gasteiger partial charge >= 0.3 is 11.9 Å². The predicted octanol–water partition coefficient (Wildman–Crippen LogP) is 6.79. The number of unbranched alkanes of at least 4 members (excludes halogenated alkanes) is 2. The standard InChI is InChI=1S/C30H40N2O6S2/c1-3-5-11-21(17-19-27(33)34)31-29(37)23-13-7-9-15-25(23)39-40-26-16-10-8-14-24(26)30(38)32-22(12-6-4-2)18-20-28(35)36/h7-10,13-16,21-22H,3-6,11-12,17-20H2,1-2H3,(H,31,37)(H,32,38)(H,33,34)(H,35,36)/t21-,22-/m0/s1. The number of carboxylic acids is 2. The number of hydrogen-bond acceptors (Lipinski definition) is 6. The smallest absolute Gasteiger partial charge is 0.303 e. The van der Waals surface area contributed by atoms with Crippen LogP contribution in [0.1, 0.15) is 98.8 Å². The van der Waals surface area contributed by atoms with E-state index in [1.165, 1.54) is 21.6 Å². The van der Waals surface area contributed by atoms with Gasteiger partial charge in [-0.05, 0) is 49.9 Å². The number of nitrogens with one attached hydrogen (secondary N) is 2. The van der Waals surface area contributed by atoms with Crippen LogP contribution in [0, 0.1) is 0 Å². The zero-order chi connectivity index (χ0) is 29.3. The van der Waals surface area contributed by atoms with Gasteiger partial charge in [0.25, 0.3) is 11.8 Å². The molecular weight excluding hydrogens is 548 g/mol. The van der Waals surface area contributed by atoms with Crippen LogP contribution < -0.4 is 10.6 Å². The van der Waals surface area contributed by atoms with E-state index in [0.717, 1.165) is 35.5 Å². The minimum atomic E-state index is -0.885. The summed E-state index contributed by atoms with van der Waals surface area (Å²) in [6.07, 6.45) is 5.87. The molecule has 10 heteroatoms. The van der Waals surface area contributed by atoms with Crippen molar-refractivity contribution in [1.82, 2.24) is 10.6 Å². The fraction of sp³-hybridized carbons (Fsp3) is 0.467. The molecule has 8 nitrogen and oxygen atoms in total. The second-order valence-electron chi connectivity index (χ2n) is 9.65. The Kier molecular flexibility index (Phi) is 15.3. The highest BCUT2D eigenvalue weighted by molar-refractivity contribution is 8.76. The molecule has 0 radical (unpaired) electrons. The molecule has 0 aromatic heterocycles. The third kappa shape index (κ3) is 12.0. The maximum absolute atomic E-state index is 13.2. The first-order valence-electron chi connectivity index (χ1n) is 13.8. The molecule has 0 saturated carbocycles. The molecule has 0 heterocycles. The van der Waals surface area contributed by atoms with Gasteiger partial charge < -0.3 is 20.8 Å². The Morgan fingerprint density at radius 1 is 0.650 bits per heavy atom. The Labute approximate surface area is 244 Å². The number of carbonyl (C=O) groups excluding carboxylic acids is 2. The third-order valence-electron chi connectivity index (χ3n) is 6.38. The zero-order valence-electron chi connectivity index (χ0n) is 23.2. The van der Waals surface area contributed by atoms with E-state index in [1.54, 1.807) is 24.3 Å². The van der Waals surface area contributed by atoms with Crippen LogP contribution in [0.4, 0.5) is 0 Å². The molecule has 4 N–H and O–H groups in total. The molecule has 2 aromatic rings. The summed E-state index contributed by atoms with van der Waals surface area (Å²) in [5.41, 5.74) is 0.985. The second-order valence-corrected chi connectivity index (χ2v) is 11.9. The van der Waals surface area contributed by atoms with Crippen molar-refractivity contribution in [2.24, 2.45) is 0 Å². The number of aliphatic carboxylic acids is 2. The van der Waals surface area contributed by atoms with E-state index in [0.29, 0.717) is 36.8 Å². The maximum atomic E-state index is 13.2. The van der Waals surface area contributed by atoms with Crippen LogP contribution in [0.15, 0.2) is 58.3 Å². The molecule has 2 rings (SSSR count). The Bertz CT molecular complexity index is 1040. The molecule has 0 bridgehead atoms. The van der Waals surface area contributed by atoms with E-state index >= 15 is 0 Å². The third-order valence-corrected chi connectivity index (χ3v) is 8.86. The van der Waals surface area contributed by atoms with Crippen molar-refractivity contribution in [3.05, 3.63) is 59.7 Å². The van der Waals surface area contributed by atoms with Crippen molar-refractivity contribution in [1.29, 1.82) is 0 Å². The monoisotopic (exact) mass is 588 g/mol. The van der Waals surface area contributed by atoms with Crippen molar-refractivity contribution in [3.8, 4) is 0 Å². The van der Waals surface area contributed by atoms with Crippen molar-refractivity contribution >= 4 is 45.3 Å². The summed E-state index contributed by atoms with van der Waals surface area (Å²) in [7, 11) is 2.75. The molecule has 0 unspecified atom stereocenters. The van der Waals surface area contributed by atoms with Crippen molar-refractivity contribution < 1.29 is 29.4 Å². The number of carboxylic acid groups (broad SMARTS) is 2. The quantitative estimate of drug-likeness (QED) is 0.132. The van der Waals surface area contributed by atoms with E-state index in [4.69, 9.17) is 10.2 Å². The number of rotatable bonds is 19. The largest absolute Gasteiger partial charge is 0.481 e. The lowest BCUT2D eigenvalue weighted by Crippen LogP contribution is -2.35. The fourth-order valence-electron chi connectivity index (χ4n) is 4.14. The van der Waals surface area contributed by atoms with Gasteiger partial charge in [0.15, 0.2) is 0 Å². The van der Waals surface area contributed by atoms with Crippen LogP contribution in [0.25, 0.3) is 0 Å². The van der Waals surface area contributed by atoms with Crippen molar-refractivity contribution in [2.45, 2.75) is 99.9 Å². The summed E-state index contributed by atoms with van der Waals surface area (Å²) in [4.78, 5) is 50.0. The Hall–Kier alpha value is -2.98. The summed E-state index contributed by atoms with van der Waals surface area (Å²) in [5.74, 6) is -2.27. The van der Waals surface area contributed by atoms with Gasteiger partial charge in [-0.3, -0.25) is 19.2 Å². The van der Waals surface area contributed by atoms with E-state index < -0.39 is 11.9 Å². The lowest BCUT2D eigenvalue weighted by Gasteiger charge is -2.19. The van der Waals surface area contributed by atoms with Gasteiger partial charge in [-0.15, -0.1) is 0 Å². The molecule has 40 heavy (non-hydrogen) atoms. The van der Waals surface area contributed by atoms with Crippen LogP contribution in [-0.2, 0) is 9.59 Å². The first-order chi connectivity index (χ1) is 19.2. The Morgan fingerprint density at radius 2 is 1.02 bits per heavy atom. The van der Waals surface area contributed by atoms with Crippen LogP contribution in [0.5, 0.6) is 0 Å². The maximum Gasteiger partial charge on any atom is 0.303 e. The number of benzene rings is 2. The number of carbonyl (C=O) groups is 4.